The molecule has 1 aliphatic rings. The molecule has 1 heterocycles. The van der Waals surface area contributed by atoms with Crippen LogP contribution in [0.1, 0.15) is 44.2 Å². The van der Waals surface area contributed by atoms with Crippen LogP contribution < -0.4 is 15.4 Å². The second-order valence-corrected chi connectivity index (χ2v) is 8.29. The number of likely N-dealkylation sites (tertiary alicyclic amines) is 1. The standard InChI is InChI=1S/C25H32N4O5/c1-3-4-17-28-23(30)14-13-21(24(28)20-7-5-6-8-22(20)34-2)25(31)27-16-15-26-18-9-11-19(12-10-18)29(32)33/h5-12,21,24,26H,3-4,13-17H2,1-2H3,(H,27,31). The molecule has 3 rings (SSSR count). The Hall–Kier alpha value is -3.62. The van der Waals surface area contributed by atoms with Gasteiger partial charge in [-0.05, 0) is 31.0 Å². The first kappa shape index (κ1) is 25.0. The van der Waals surface area contributed by atoms with Crippen molar-refractivity contribution in [3.05, 3.63) is 64.2 Å². The van der Waals surface area contributed by atoms with Gasteiger partial charge in [0.05, 0.1) is 24.0 Å². The van der Waals surface area contributed by atoms with Gasteiger partial charge in [0, 0.05) is 49.4 Å². The summed E-state index contributed by atoms with van der Waals surface area (Å²) in [5.41, 5.74) is 1.61. The quantitative estimate of drug-likeness (QED) is 0.294. The smallest absolute Gasteiger partial charge is 0.269 e. The van der Waals surface area contributed by atoms with E-state index in [0.717, 1.165) is 24.1 Å². The lowest BCUT2D eigenvalue weighted by molar-refractivity contribution is -0.384. The van der Waals surface area contributed by atoms with E-state index in [1.807, 2.05) is 29.2 Å². The lowest BCUT2D eigenvalue weighted by Gasteiger charge is -2.41. The lowest BCUT2D eigenvalue weighted by atomic mass is 9.83. The number of anilines is 1. The van der Waals surface area contributed by atoms with E-state index in [1.54, 1.807) is 19.2 Å². The van der Waals surface area contributed by atoms with Gasteiger partial charge in [-0.2, -0.15) is 0 Å². The highest BCUT2D eigenvalue weighted by Crippen LogP contribution is 2.40. The maximum absolute atomic E-state index is 13.2. The van der Waals surface area contributed by atoms with Gasteiger partial charge in [-0.15, -0.1) is 0 Å². The number of amides is 2. The first-order valence-electron chi connectivity index (χ1n) is 11.6. The average Bonchev–Trinajstić information content (AvgIpc) is 2.85. The second kappa shape index (κ2) is 12.0. The summed E-state index contributed by atoms with van der Waals surface area (Å²) in [6, 6.07) is 13.3. The number of unbranched alkanes of at least 4 members (excludes halogenated alkanes) is 1. The van der Waals surface area contributed by atoms with E-state index in [1.165, 1.54) is 12.1 Å². The zero-order valence-corrected chi connectivity index (χ0v) is 19.7. The zero-order valence-electron chi connectivity index (χ0n) is 19.7. The summed E-state index contributed by atoms with van der Waals surface area (Å²) < 4.78 is 5.56. The molecule has 9 heteroatoms. The SMILES string of the molecule is CCCCN1C(=O)CCC(C(=O)NCCNc2ccc([N+](=O)[O-])cc2)C1c1ccccc1OC. The normalized spacial score (nSPS) is 17.8. The van der Waals surface area contributed by atoms with Gasteiger partial charge in [0.15, 0.2) is 0 Å². The molecule has 0 spiro atoms. The fourth-order valence-electron chi connectivity index (χ4n) is 4.34. The Balaban J connectivity index is 1.68. The van der Waals surface area contributed by atoms with Gasteiger partial charge in [-0.25, -0.2) is 0 Å². The molecule has 2 aromatic carbocycles. The van der Waals surface area contributed by atoms with Crippen molar-refractivity contribution in [2.45, 2.75) is 38.6 Å². The Labute approximate surface area is 199 Å². The van der Waals surface area contributed by atoms with Crippen LogP contribution in [-0.4, -0.2) is 48.4 Å². The molecule has 2 amide bonds. The van der Waals surface area contributed by atoms with Gasteiger partial charge >= 0.3 is 0 Å². The predicted octanol–water partition coefficient (Wildman–Crippen LogP) is 3.91. The molecule has 0 saturated carbocycles. The van der Waals surface area contributed by atoms with Crippen LogP contribution in [0.4, 0.5) is 11.4 Å². The maximum Gasteiger partial charge on any atom is 0.269 e. The zero-order chi connectivity index (χ0) is 24.5. The number of rotatable bonds is 11. The second-order valence-electron chi connectivity index (χ2n) is 8.29. The minimum atomic E-state index is -0.444. The molecule has 0 radical (unpaired) electrons. The molecule has 0 aliphatic carbocycles. The Bertz CT molecular complexity index is 995. The van der Waals surface area contributed by atoms with Gasteiger partial charge in [0.2, 0.25) is 11.8 Å². The van der Waals surface area contributed by atoms with Crippen molar-refractivity contribution in [2.75, 3.05) is 32.1 Å². The number of hydrogen-bond acceptors (Lipinski definition) is 6. The predicted molar refractivity (Wildman–Crippen MR) is 130 cm³/mol. The molecule has 0 bridgehead atoms. The summed E-state index contributed by atoms with van der Waals surface area (Å²) in [7, 11) is 1.60. The number of ether oxygens (including phenoxy) is 1. The number of hydrogen-bond donors (Lipinski definition) is 2. The van der Waals surface area contributed by atoms with E-state index in [4.69, 9.17) is 4.74 Å². The van der Waals surface area contributed by atoms with Gasteiger partial charge in [-0.3, -0.25) is 19.7 Å². The molecule has 2 aromatic rings. The molecule has 2 unspecified atom stereocenters. The van der Waals surface area contributed by atoms with Crippen molar-refractivity contribution < 1.29 is 19.2 Å². The number of carbonyl (C=O) groups is 2. The minimum Gasteiger partial charge on any atom is -0.496 e. The lowest BCUT2D eigenvalue weighted by Crippen LogP contribution is -2.49. The third kappa shape index (κ3) is 6.03. The first-order valence-corrected chi connectivity index (χ1v) is 11.6. The van der Waals surface area contributed by atoms with E-state index >= 15 is 0 Å². The summed E-state index contributed by atoms with van der Waals surface area (Å²) in [6.45, 7) is 3.53. The molecule has 1 aliphatic heterocycles. The Kier molecular flexibility index (Phi) is 8.84. The van der Waals surface area contributed by atoms with Gasteiger partial charge < -0.3 is 20.3 Å². The summed E-state index contributed by atoms with van der Waals surface area (Å²) in [5.74, 6) is 0.246. The number of non-ortho nitro benzene ring substituents is 1. The highest BCUT2D eigenvalue weighted by atomic mass is 16.6. The van der Waals surface area contributed by atoms with Crippen LogP contribution in [0.15, 0.2) is 48.5 Å². The number of carbonyl (C=O) groups excluding carboxylic acids is 2. The Morgan fingerprint density at radius 2 is 1.91 bits per heavy atom. The number of para-hydroxylation sites is 1. The van der Waals surface area contributed by atoms with Gasteiger partial charge in [-0.1, -0.05) is 31.5 Å². The fraction of sp³-hybridized carbons (Fsp3) is 0.440. The van der Waals surface area contributed by atoms with Crippen molar-refractivity contribution in [3.8, 4) is 5.75 Å². The summed E-state index contributed by atoms with van der Waals surface area (Å²) in [4.78, 5) is 38.3. The van der Waals surface area contributed by atoms with Crippen LogP contribution in [-0.2, 0) is 9.59 Å². The molecular formula is C25H32N4O5. The fourth-order valence-corrected chi connectivity index (χ4v) is 4.34. The number of nitro benzene ring substituents is 1. The maximum atomic E-state index is 13.2. The van der Waals surface area contributed by atoms with Crippen molar-refractivity contribution in [1.82, 2.24) is 10.2 Å². The van der Waals surface area contributed by atoms with E-state index in [-0.39, 0.29) is 29.5 Å². The summed E-state index contributed by atoms with van der Waals surface area (Å²) in [6.07, 6.45) is 2.64. The largest absolute Gasteiger partial charge is 0.496 e. The number of piperidine rings is 1. The van der Waals surface area contributed by atoms with Crippen LogP contribution in [0, 0.1) is 16.0 Å². The molecule has 182 valence electrons. The van der Waals surface area contributed by atoms with Crippen molar-refractivity contribution in [3.63, 3.8) is 0 Å². The van der Waals surface area contributed by atoms with Crippen LogP contribution in [0.3, 0.4) is 0 Å². The van der Waals surface area contributed by atoms with Gasteiger partial charge in [0.1, 0.15) is 5.75 Å². The van der Waals surface area contributed by atoms with Gasteiger partial charge in [0.25, 0.3) is 5.69 Å². The van der Waals surface area contributed by atoms with Crippen molar-refractivity contribution >= 4 is 23.2 Å². The van der Waals surface area contributed by atoms with Crippen LogP contribution >= 0.6 is 0 Å². The summed E-state index contributed by atoms with van der Waals surface area (Å²) in [5, 5.41) is 16.9. The van der Waals surface area contributed by atoms with E-state index in [2.05, 4.69) is 17.6 Å². The number of nitro groups is 1. The molecule has 34 heavy (non-hydrogen) atoms. The molecule has 2 atom stereocenters. The van der Waals surface area contributed by atoms with E-state index in [9.17, 15) is 19.7 Å². The van der Waals surface area contributed by atoms with E-state index in [0.29, 0.717) is 38.2 Å². The van der Waals surface area contributed by atoms with Crippen LogP contribution in [0.2, 0.25) is 0 Å². The third-order valence-electron chi connectivity index (χ3n) is 6.08. The number of methoxy groups -OCH3 is 1. The number of nitrogens with one attached hydrogen (secondary N) is 2. The van der Waals surface area contributed by atoms with Crippen LogP contribution in [0.5, 0.6) is 5.75 Å². The van der Waals surface area contributed by atoms with Crippen molar-refractivity contribution in [2.24, 2.45) is 5.92 Å². The molecule has 2 N–H and O–H groups in total. The summed E-state index contributed by atoms with van der Waals surface area (Å²) >= 11 is 0. The minimum absolute atomic E-state index is 0.0284. The Morgan fingerprint density at radius 1 is 1.18 bits per heavy atom. The average molecular weight is 469 g/mol. The molecule has 9 nitrogen and oxygen atoms in total. The molecule has 1 saturated heterocycles. The van der Waals surface area contributed by atoms with E-state index < -0.39 is 4.92 Å². The van der Waals surface area contributed by atoms with Crippen molar-refractivity contribution in [1.29, 1.82) is 0 Å². The third-order valence-corrected chi connectivity index (χ3v) is 6.08. The molecule has 0 aromatic heterocycles. The molecule has 1 fully saturated rings. The highest BCUT2D eigenvalue weighted by molar-refractivity contribution is 5.85. The Morgan fingerprint density at radius 3 is 2.59 bits per heavy atom. The monoisotopic (exact) mass is 468 g/mol. The first-order chi connectivity index (χ1) is 16.5. The topological polar surface area (TPSA) is 114 Å². The number of nitrogens with zero attached hydrogens (tertiary/aromatic N) is 2. The molecular weight excluding hydrogens is 436 g/mol. The number of benzene rings is 2. The van der Waals surface area contributed by atoms with Crippen LogP contribution in [0.25, 0.3) is 0 Å². The highest BCUT2D eigenvalue weighted by Gasteiger charge is 2.41.